The number of anilines is 1. The van der Waals surface area contributed by atoms with E-state index in [1.807, 2.05) is 24.3 Å². The van der Waals surface area contributed by atoms with E-state index in [9.17, 15) is 19.2 Å². The second kappa shape index (κ2) is 6.12. The minimum Gasteiger partial charge on any atom is -0.341 e. The quantitative estimate of drug-likeness (QED) is 0.680. The number of fused-ring (bicyclic) bond motifs is 2. The first-order valence-corrected chi connectivity index (χ1v) is 8.80. The number of nitrogens with one attached hydrogen (secondary N) is 3. The minimum atomic E-state index is -0.708. The Morgan fingerprint density at radius 2 is 1.81 bits per heavy atom. The summed E-state index contributed by atoms with van der Waals surface area (Å²) in [5.74, 6) is -0.589. The molecule has 2 saturated heterocycles. The Morgan fingerprint density at radius 3 is 2.58 bits per heavy atom. The van der Waals surface area contributed by atoms with Gasteiger partial charge >= 0.3 is 6.03 Å². The topological polar surface area (TPSA) is 108 Å². The standard InChI is InChI=1S/C18H20N4O4/c23-14-6-5-13(20-17(26)21-14)15(24)22-9-7-18(8-10-22)11-3-1-2-4-12(11)19-16(18)25/h1-4,13H,5-10H2,(H,19,25)(H2,20,21,23,26)/t13-/m1/s1. The molecule has 4 rings (SSSR count). The summed E-state index contributed by atoms with van der Waals surface area (Å²) in [5.41, 5.74) is 1.25. The number of rotatable bonds is 1. The van der Waals surface area contributed by atoms with E-state index in [1.165, 1.54) is 0 Å². The summed E-state index contributed by atoms with van der Waals surface area (Å²) in [7, 11) is 0. The van der Waals surface area contributed by atoms with Crippen molar-refractivity contribution in [2.24, 2.45) is 0 Å². The summed E-state index contributed by atoms with van der Waals surface area (Å²) < 4.78 is 0. The summed E-state index contributed by atoms with van der Waals surface area (Å²) in [4.78, 5) is 50.1. The molecular weight excluding hydrogens is 336 g/mol. The van der Waals surface area contributed by atoms with Gasteiger partial charge in [0.25, 0.3) is 0 Å². The van der Waals surface area contributed by atoms with E-state index in [0.29, 0.717) is 25.9 Å². The molecule has 1 atom stereocenters. The zero-order chi connectivity index (χ0) is 18.3. The maximum atomic E-state index is 12.8. The van der Waals surface area contributed by atoms with Gasteiger partial charge in [0.2, 0.25) is 17.7 Å². The molecule has 1 aromatic rings. The summed E-state index contributed by atoms with van der Waals surface area (Å²) in [5, 5.41) is 7.66. The van der Waals surface area contributed by atoms with Gasteiger partial charge in [-0.1, -0.05) is 18.2 Å². The van der Waals surface area contributed by atoms with Gasteiger partial charge in [0.05, 0.1) is 5.41 Å². The molecule has 0 bridgehead atoms. The summed E-state index contributed by atoms with van der Waals surface area (Å²) in [6.45, 7) is 0.878. The van der Waals surface area contributed by atoms with Crippen molar-refractivity contribution in [2.75, 3.05) is 18.4 Å². The largest absolute Gasteiger partial charge is 0.341 e. The highest BCUT2D eigenvalue weighted by molar-refractivity contribution is 6.06. The van der Waals surface area contributed by atoms with Gasteiger partial charge in [0.1, 0.15) is 6.04 Å². The Hall–Kier alpha value is -2.90. The van der Waals surface area contributed by atoms with Crippen LogP contribution in [0.1, 0.15) is 31.2 Å². The lowest BCUT2D eigenvalue weighted by atomic mass is 9.73. The maximum absolute atomic E-state index is 12.8. The van der Waals surface area contributed by atoms with Crippen molar-refractivity contribution in [3.05, 3.63) is 29.8 Å². The number of hydrogen-bond donors (Lipinski definition) is 3. The normalized spacial score (nSPS) is 24.4. The molecule has 0 aliphatic carbocycles. The van der Waals surface area contributed by atoms with Crippen LogP contribution in [-0.2, 0) is 19.8 Å². The molecule has 1 aromatic carbocycles. The zero-order valence-electron chi connectivity index (χ0n) is 14.2. The Bertz CT molecular complexity index is 798. The van der Waals surface area contributed by atoms with E-state index >= 15 is 0 Å². The van der Waals surface area contributed by atoms with Crippen molar-refractivity contribution >= 4 is 29.4 Å². The predicted octanol–water partition coefficient (Wildman–Crippen LogP) is 0.487. The monoisotopic (exact) mass is 356 g/mol. The molecule has 136 valence electrons. The number of piperidine rings is 1. The van der Waals surface area contributed by atoms with Crippen LogP contribution in [0.15, 0.2) is 24.3 Å². The number of nitrogens with zero attached hydrogens (tertiary/aromatic N) is 1. The average Bonchev–Trinajstić information content (AvgIpc) is 2.78. The van der Waals surface area contributed by atoms with E-state index in [0.717, 1.165) is 11.3 Å². The van der Waals surface area contributed by atoms with Crippen molar-refractivity contribution in [1.82, 2.24) is 15.5 Å². The van der Waals surface area contributed by atoms with Crippen LogP contribution in [0.5, 0.6) is 0 Å². The van der Waals surface area contributed by atoms with Crippen LogP contribution >= 0.6 is 0 Å². The van der Waals surface area contributed by atoms with Crippen LogP contribution in [0, 0.1) is 0 Å². The van der Waals surface area contributed by atoms with Crippen LogP contribution < -0.4 is 16.0 Å². The van der Waals surface area contributed by atoms with E-state index in [-0.39, 0.29) is 30.6 Å². The van der Waals surface area contributed by atoms with Gasteiger partial charge in [-0.15, -0.1) is 0 Å². The molecule has 26 heavy (non-hydrogen) atoms. The molecule has 3 aliphatic heterocycles. The van der Waals surface area contributed by atoms with Gasteiger partial charge in [-0.2, -0.15) is 0 Å². The molecule has 0 radical (unpaired) electrons. The Balaban J connectivity index is 1.47. The lowest BCUT2D eigenvalue weighted by Crippen LogP contribution is -2.54. The zero-order valence-corrected chi connectivity index (χ0v) is 14.2. The fraction of sp³-hybridized carbons (Fsp3) is 0.444. The van der Waals surface area contributed by atoms with Gasteiger partial charge in [-0.05, 0) is 30.9 Å². The number of imide groups is 1. The van der Waals surface area contributed by atoms with Crippen molar-refractivity contribution in [3.63, 3.8) is 0 Å². The minimum absolute atomic E-state index is 0.0108. The van der Waals surface area contributed by atoms with E-state index in [2.05, 4.69) is 16.0 Å². The number of likely N-dealkylation sites (tertiary alicyclic amines) is 1. The first-order valence-electron chi connectivity index (χ1n) is 8.80. The number of carbonyl (C=O) groups is 4. The lowest BCUT2D eigenvalue weighted by molar-refractivity contribution is -0.137. The highest BCUT2D eigenvalue weighted by Gasteiger charge is 2.49. The SMILES string of the molecule is O=C1CC[C@H](C(=O)N2CCC3(CC2)C(=O)Nc2ccccc23)NC(=O)N1. The second-order valence-corrected chi connectivity index (χ2v) is 7.02. The number of carbonyl (C=O) groups excluding carboxylic acids is 4. The molecule has 3 N–H and O–H groups in total. The fourth-order valence-electron chi connectivity index (χ4n) is 4.12. The van der Waals surface area contributed by atoms with Crippen molar-refractivity contribution in [2.45, 2.75) is 37.1 Å². The Labute approximate surface area is 150 Å². The third kappa shape index (κ3) is 2.61. The first-order chi connectivity index (χ1) is 12.5. The van der Waals surface area contributed by atoms with E-state index < -0.39 is 17.5 Å². The number of urea groups is 1. The second-order valence-electron chi connectivity index (χ2n) is 7.02. The molecule has 5 amide bonds. The number of amides is 5. The van der Waals surface area contributed by atoms with Crippen LogP contribution in [0.2, 0.25) is 0 Å². The molecular formula is C18H20N4O4. The van der Waals surface area contributed by atoms with Crippen LogP contribution in [0.3, 0.4) is 0 Å². The Kier molecular flexibility index (Phi) is 3.90. The van der Waals surface area contributed by atoms with E-state index in [1.54, 1.807) is 4.90 Å². The van der Waals surface area contributed by atoms with Crippen LogP contribution in [-0.4, -0.2) is 47.8 Å². The van der Waals surface area contributed by atoms with Gasteiger partial charge < -0.3 is 15.5 Å². The Morgan fingerprint density at radius 1 is 1.08 bits per heavy atom. The lowest BCUT2D eigenvalue weighted by Gasteiger charge is -2.39. The molecule has 1 spiro atoms. The molecule has 3 heterocycles. The van der Waals surface area contributed by atoms with Crippen LogP contribution in [0.4, 0.5) is 10.5 Å². The summed E-state index contributed by atoms with van der Waals surface area (Å²) in [6.07, 6.45) is 1.49. The maximum Gasteiger partial charge on any atom is 0.322 e. The van der Waals surface area contributed by atoms with Gasteiger partial charge in [0, 0.05) is 25.2 Å². The highest BCUT2D eigenvalue weighted by atomic mass is 16.2. The van der Waals surface area contributed by atoms with Crippen molar-refractivity contribution in [1.29, 1.82) is 0 Å². The molecule has 0 aromatic heterocycles. The molecule has 0 saturated carbocycles. The first kappa shape index (κ1) is 16.6. The molecule has 2 fully saturated rings. The van der Waals surface area contributed by atoms with Gasteiger partial charge in [0.15, 0.2) is 0 Å². The fourth-order valence-corrected chi connectivity index (χ4v) is 4.12. The van der Waals surface area contributed by atoms with E-state index in [4.69, 9.17) is 0 Å². The molecule has 8 nitrogen and oxygen atoms in total. The third-order valence-corrected chi connectivity index (χ3v) is 5.57. The van der Waals surface area contributed by atoms with Gasteiger partial charge in [-0.25, -0.2) is 4.79 Å². The molecule has 0 unspecified atom stereocenters. The number of hydrogen-bond acceptors (Lipinski definition) is 4. The molecule has 3 aliphatic rings. The van der Waals surface area contributed by atoms with Crippen molar-refractivity contribution < 1.29 is 19.2 Å². The molecule has 8 heteroatoms. The third-order valence-electron chi connectivity index (χ3n) is 5.57. The van der Waals surface area contributed by atoms with Crippen molar-refractivity contribution in [3.8, 4) is 0 Å². The predicted molar refractivity (Wildman–Crippen MR) is 92.3 cm³/mol. The highest BCUT2D eigenvalue weighted by Crippen LogP contribution is 2.44. The summed E-state index contributed by atoms with van der Waals surface area (Å²) in [6, 6.07) is 6.33. The van der Waals surface area contributed by atoms with Gasteiger partial charge in [-0.3, -0.25) is 19.7 Å². The smallest absolute Gasteiger partial charge is 0.322 e. The summed E-state index contributed by atoms with van der Waals surface area (Å²) >= 11 is 0. The van der Waals surface area contributed by atoms with Crippen LogP contribution in [0.25, 0.3) is 0 Å². The number of para-hydroxylation sites is 1. The average molecular weight is 356 g/mol. The number of benzene rings is 1.